The number of hydrogen-bond donors (Lipinski definition) is 1. The van der Waals surface area contributed by atoms with Crippen LogP contribution in [-0.4, -0.2) is 27.0 Å². The van der Waals surface area contributed by atoms with E-state index in [4.69, 9.17) is 5.11 Å². The predicted octanol–water partition coefficient (Wildman–Crippen LogP) is 2.12. The molecule has 0 spiro atoms. The van der Waals surface area contributed by atoms with E-state index in [1.54, 1.807) is 0 Å². The molecule has 0 aliphatic heterocycles. The maximum atomic E-state index is 12.8. The van der Waals surface area contributed by atoms with Gasteiger partial charge in [-0.3, -0.25) is 4.68 Å². The number of carbonyl (C=O) groups is 1. The molecule has 2 rings (SSSR count). The highest BCUT2D eigenvalue weighted by atomic mass is 19.4. The van der Waals surface area contributed by atoms with Crippen LogP contribution in [0.4, 0.5) is 13.2 Å². The third kappa shape index (κ3) is 1.79. The summed E-state index contributed by atoms with van der Waals surface area (Å²) in [4.78, 5) is 10.7. The van der Waals surface area contributed by atoms with E-state index in [0.717, 1.165) is 4.68 Å². The number of aromatic nitrogens is 2. The van der Waals surface area contributed by atoms with Crippen LogP contribution in [0, 0.1) is 0 Å². The summed E-state index contributed by atoms with van der Waals surface area (Å²) in [5, 5.41) is 12.5. The van der Waals surface area contributed by atoms with Gasteiger partial charge in [0.2, 0.25) is 0 Å². The van der Waals surface area contributed by atoms with E-state index in [9.17, 15) is 18.0 Å². The van der Waals surface area contributed by atoms with Gasteiger partial charge in [0.25, 0.3) is 0 Å². The Morgan fingerprint density at radius 1 is 1.59 bits per heavy atom. The number of aliphatic carboxylic acids is 1. The first-order valence-electron chi connectivity index (χ1n) is 5.13. The van der Waals surface area contributed by atoms with E-state index in [1.807, 2.05) is 0 Å². The molecule has 94 valence electrons. The number of nitrogens with zero attached hydrogens (tertiary/aromatic N) is 2. The maximum absolute atomic E-state index is 12.8. The van der Waals surface area contributed by atoms with Crippen molar-refractivity contribution in [3.63, 3.8) is 0 Å². The van der Waals surface area contributed by atoms with Crippen LogP contribution < -0.4 is 0 Å². The zero-order chi connectivity index (χ0) is 12.8. The molecule has 1 fully saturated rings. The van der Waals surface area contributed by atoms with E-state index in [1.165, 1.54) is 19.2 Å². The summed E-state index contributed by atoms with van der Waals surface area (Å²) in [5.74, 6) is -1.13. The minimum atomic E-state index is -4.32. The first-order valence-corrected chi connectivity index (χ1v) is 5.13. The molecule has 1 aromatic heterocycles. The Bertz CT molecular complexity index is 449. The minimum Gasteiger partial charge on any atom is -0.480 e. The Morgan fingerprint density at radius 3 is 2.59 bits per heavy atom. The molecule has 0 radical (unpaired) electrons. The second-order valence-corrected chi connectivity index (χ2v) is 4.28. The van der Waals surface area contributed by atoms with Crippen LogP contribution in [0.15, 0.2) is 12.3 Å². The van der Waals surface area contributed by atoms with Gasteiger partial charge >= 0.3 is 12.1 Å². The van der Waals surface area contributed by atoms with Crippen molar-refractivity contribution < 1.29 is 23.1 Å². The predicted molar refractivity (Wildman–Crippen MR) is 51.5 cm³/mol. The molecule has 0 aromatic carbocycles. The lowest BCUT2D eigenvalue weighted by Gasteiger charge is -2.16. The van der Waals surface area contributed by atoms with E-state index in [-0.39, 0.29) is 18.5 Å². The number of hydrogen-bond acceptors (Lipinski definition) is 2. The zero-order valence-corrected chi connectivity index (χ0v) is 9.03. The molecule has 1 saturated carbocycles. The lowest BCUT2D eigenvalue weighted by atomic mass is 10.0. The van der Waals surface area contributed by atoms with Crippen LogP contribution >= 0.6 is 0 Å². The normalized spacial score (nSPS) is 20.0. The summed E-state index contributed by atoms with van der Waals surface area (Å²) < 4.78 is 39.4. The summed E-state index contributed by atoms with van der Waals surface area (Å²) >= 11 is 0. The van der Waals surface area contributed by atoms with Crippen molar-refractivity contribution in [3.8, 4) is 0 Å². The van der Waals surface area contributed by atoms with E-state index in [2.05, 4.69) is 5.10 Å². The minimum absolute atomic E-state index is 0.0228. The fourth-order valence-corrected chi connectivity index (χ4v) is 1.73. The van der Waals surface area contributed by atoms with E-state index < -0.39 is 23.6 Å². The first-order chi connectivity index (χ1) is 7.78. The molecule has 0 saturated heterocycles. The highest BCUT2D eigenvalue weighted by Gasteiger charge is 2.65. The number of carboxylic acids is 1. The molecule has 1 aliphatic carbocycles. The molecule has 1 aliphatic rings. The molecule has 0 bridgehead atoms. The largest absolute Gasteiger partial charge is 0.480 e. The van der Waals surface area contributed by atoms with Gasteiger partial charge in [0, 0.05) is 6.20 Å². The highest BCUT2D eigenvalue weighted by Crippen LogP contribution is 2.58. The third-order valence-electron chi connectivity index (χ3n) is 3.15. The van der Waals surface area contributed by atoms with Gasteiger partial charge in [-0.15, -0.1) is 0 Å². The Labute approximate surface area is 95.0 Å². The van der Waals surface area contributed by atoms with E-state index >= 15 is 0 Å². The van der Waals surface area contributed by atoms with Crippen molar-refractivity contribution >= 4 is 5.97 Å². The molecular formula is C10H11F3N2O2. The van der Waals surface area contributed by atoms with Crippen molar-refractivity contribution in [2.75, 3.05) is 0 Å². The van der Waals surface area contributed by atoms with Gasteiger partial charge in [0.05, 0.1) is 5.69 Å². The number of halogens is 3. The van der Waals surface area contributed by atoms with Gasteiger partial charge < -0.3 is 5.11 Å². The molecule has 4 nitrogen and oxygen atoms in total. The Morgan fingerprint density at radius 2 is 2.18 bits per heavy atom. The Balaban J connectivity index is 2.28. The van der Waals surface area contributed by atoms with Gasteiger partial charge in [-0.25, -0.2) is 4.79 Å². The van der Waals surface area contributed by atoms with Crippen LogP contribution in [0.1, 0.15) is 31.5 Å². The molecule has 7 heteroatoms. The van der Waals surface area contributed by atoms with Crippen LogP contribution in [0.25, 0.3) is 0 Å². The van der Waals surface area contributed by atoms with Crippen LogP contribution in [-0.2, 0) is 10.2 Å². The fraction of sp³-hybridized carbons (Fsp3) is 0.600. The molecule has 1 heterocycles. The molecule has 0 amide bonds. The standard InChI is InChI=1S/C10H11F3N2O2/c1-6(8(16)17)15-5-2-7(14-15)9(3-4-9)10(11,12)13/h2,5-6H,3-4H2,1H3,(H,16,17). The molecule has 1 unspecified atom stereocenters. The Kier molecular flexibility index (Phi) is 2.44. The topological polar surface area (TPSA) is 55.1 Å². The molecule has 1 aromatic rings. The zero-order valence-electron chi connectivity index (χ0n) is 9.03. The average molecular weight is 248 g/mol. The van der Waals surface area contributed by atoms with Gasteiger partial charge in [-0.05, 0) is 25.8 Å². The number of rotatable bonds is 3. The smallest absolute Gasteiger partial charge is 0.400 e. The summed E-state index contributed by atoms with van der Waals surface area (Å²) in [5.41, 5.74) is -1.94. The quantitative estimate of drug-likeness (QED) is 0.891. The lowest BCUT2D eigenvalue weighted by Crippen LogP contribution is -2.29. The van der Waals surface area contributed by atoms with Crippen LogP contribution in [0.2, 0.25) is 0 Å². The molecule has 1 atom stereocenters. The van der Waals surface area contributed by atoms with Crippen LogP contribution in [0.3, 0.4) is 0 Å². The van der Waals surface area contributed by atoms with Crippen molar-refractivity contribution in [1.82, 2.24) is 9.78 Å². The van der Waals surface area contributed by atoms with Crippen molar-refractivity contribution in [2.45, 2.75) is 37.4 Å². The average Bonchev–Trinajstić information content (AvgIpc) is 2.90. The fourth-order valence-electron chi connectivity index (χ4n) is 1.73. The number of alkyl halides is 3. The lowest BCUT2D eigenvalue weighted by molar-refractivity contribution is -0.161. The van der Waals surface area contributed by atoms with Gasteiger partial charge in [0.1, 0.15) is 11.5 Å². The molecule has 1 N–H and O–H groups in total. The molecular weight excluding hydrogens is 237 g/mol. The van der Waals surface area contributed by atoms with Crippen molar-refractivity contribution in [3.05, 3.63) is 18.0 Å². The Hall–Kier alpha value is -1.53. The van der Waals surface area contributed by atoms with Gasteiger partial charge in [-0.2, -0.15) is 18.3 Å². The third-order valence-corrected chi connectivity index (χ3v) is 3.15. The van der Waals surface area contributed by atoms with E-state index in [0.29, 0.717) is 0 Å². The summed E-state index contributed by atoms with van der Waals surface area (Å²) in [6, 6.07) is 0.285. The van der Waals surface area contributed by atoms with Crippen molar-refractivity contribution in [1.29, 1.82) is 0 Å². The maximum Gasteiger partial charge on any atom is 0.400 e. The summed E-state index contributed by atoms with van der Waals surface area (Å²) in [7, 11) is 0. The van der Waals surface area contributed by atoms with Crippen LogP contribution in [0.5, 0.6) is 0 Å². The number of carboxylic acid groups (broad SMARTS) is 1. The first kappa shape index (κ1) is 11.9. The summed E-state index contributed by atoms with van der Waals surface area (Å²) in [6.07, 6.45) is -3.00. The second-order valence-electron chi connectivity index (χ2n) is 4.28. The highest BCUT2D eigenvalue weighted by molar-refractivity contribution is 5.71. The molecule has 17 heavy (non-hydrogen) atoms. The SMILES string of the molecule is CC(C(=O)O)n1ccc(C2(C(F)(F)F)CC2)n1. The monoisotopic (exact) mass is 248 g/mol. The van der Waals surface area contributed by atoms with Gasteiger partial charge in [-0.1, -0.05) is 0 Å². The summed E-state index contributed by atoms with van der Waals surface area (Å²) in [6.45, 7) is 1.37. The van der Waals surface area contributed by atoms with Gasteiger partial charge in [0.15, 0.2) is 0 Å². The second kappa shape index (κ2) is 3.48. The van der Waals surface area contributed by atoms with Crippen molar-refractivity contribution in [2.24, 2.45) is 0 Å².